The summed E-state index contributed by atoms with van der Waals surface area (Å²) in [7, 11) is 0. The number of carboxylic acid groups (broad SMARTS) is 1. The maximum absolute atomic E-state index is 11.1. The van der Waals surface area contributed by atoms with Crippen molar-refractivity contribution in [3.8, 4) is 6.07 Å². The van der Waals surface area contributed by atoms with E-state index in [1.807, 2.05) is 35.0 Å². The standard InChI is InChI=1S/C19H15ClN4O2/c20-16-7-6-13(19(25)26)10-17(16)23-22-11-14-12-24(9-3-8-21)18-5-2-1-4-15(14)18/h1-2,4-7,10-12,23H,3,9H2,(H,25,26)/b22-11-. The molecule has 0 bridgehead atoms. The molecular formula is C19H15ClN4O2. The van der Waals surface area contributed by atoms with Gasteiger partial charge in [0.25, 0.3) is 0 Å². The number of nitrogens with zero attached hydrogens (tertiary/aromatic N) is 3. The normalized spacial score (nSPS) is 10.9. The van der Waals surface area contributed by atoms with Crippen molar-refractivity contribution in [3.63, 3.8) is 0 Å². The molecule has 130 valence electrons. The van der Waals surface area contributed by atoms with Gasteiger partial charge < -0.3 is 9.67 Å². The Morgan fingerprint density at radius 1 is 1.35 bits per heavy atom. The predicted molar refractivity (Wildman–Crippen MR) is 102 cm³/mol. The number of carboxylic acids is 1. The summed E-state index contributed by atoms with van der Waals surface area (Å²) in [6, 6.07) is 14.4. The molecule has 6 nitrogen and oxygen atoms in total. The molecule has 2 aromatic carbocycles. The summed E-state index contributed by atoms with van der Waals surface area (Å²) in [6.07, 6.45) is 4.00. The smallest absolute Gasteiger partial charge is 0.335 e. The molecule has 0 amide bonds. The van der Waals surface area contributed by atoms with Gasteiger partial charge in [-0.15, -0.1) is 0 Å². The largest absolute Gasteiger partial charge is 0.478 e. The molecule has 1 heterocycles. The second-order valence-electron chi connectivity index (χ2n) is 5.57. The summed E-state index contributed by atoms with van der Waals surface area (Å²) in [5.41, 5.74) is 5.23. The number of anilines is 1. The Morgan fingerprint density at radius 3 is 2.92 bits per heavy atom. The van der Waals surface area contributed by atoms with E-state index in [0.29, 0.717) is 23.7 Å². The van der Waals surface area contributed by atoms with E-state index < -0.39 is 5.97 Å². The molecule has 0 spiro atoms. The predicted octanol–water partition coefficient (Wildman–Crippen LogP) is 4.35. The number of aromatic carboxylic acids is 1. The van der Waals surface area contributed by atoms with Gasteiger partial charge in [0.15, 0.2) is 0 Å². The lowest BCUT2D eigenvalue weighted by atomic mass is 10.2. The van der Waals surface area contributed by atoms with Gasteiger partial charge in [0, 0.05) is 29.2 Å². The lowest BCUT2D eigenvalue weighted by Gasteiger charge is -2.04. The first-order chi connectivity index (χ1) is 12.6. The number of nitriles is 1. The monoisotopic (exact) mass is 366 g/mol. The molecular weight excluding hydrogens is 352 g/mol. The van der Waals surface area contributed by atoms with Gasteiger partial charge in [-0.25, -0.2) is 4.79 Å². The third-order valence-corrected chi connectivity index (χ3v) is 4.22. The van der Waals surface area contributed by atoms with Crippen LogP contribution in [0, 0.1) is 11.3 Å². The van der Waals surface area contributed by atoms with Crippen LogP contribution in [0.4, 0.5) is 5.69 Å². The summed E-state index contributed by atoms with van der Waals surface area (Å²) in [5, 5.41) is 23.4. The van der Waals surface area contributed by atoms with Crippen molar-refractivity contribution in [2.75, 3.05) is 5.43 Å². The summed E-state index contributed by atoms with van der Waals surface area (Å²) in [5.74, 6) is -1.03. The van der Waals surface area contributed by atoms with Crippen molar-refractivity contribution < 1.29 is 9.90 Å². The Kier molecular flexibility index (Phi) is 5.20. The van der Waals surface area contributed by atoms with Crippen molar-refractivity contribution in [2.45, 2.75) is 13.0 Å². The van der Waals surface area contributed by atoms with Crippen molar-refractivity contribution >= 4 is 40.4 Å². The highest BCUT2D eigenvalue weighted by molar-refractivity contribution is 6.33. The van der Waals surface area contributed by atoms with Crippen LogP contribution in [0.15, 0.2) is 53.8 Å². The number of para-hydroxylation sites is 1. The second kappa shape index (κ2) is 7.72. The fraction of sp³-hybridized carbons (Fsp3) is 0.105. The topological polar surface area (TPSA) is 90.4 Å². The first-order valence-electron chi connectivity index (χ1n) is 7.87. The lowest BCUT2D eigenvalue weighted by Crippen LogP contribution is -1.98. The molecule has 0 unspecified atom stereocenters. The summed E-state index contributed by atoms with van der Waals surface area (Å²) in [6.45, 7) is 0.602. The van der Waals surface area contributed by atoms with Gasteiger partial charge >= 0.3 is 5.97 Å². The molecule has 0 radical (unpaired) electrons. The number of rotatable bonds is 6. The number of fused-ring (bicyclic) bond motifs is 1. The molecule has 3 aromatic rings. The van der Waals surface area contributed by atoms with E-state index >= 15 is 0 Å². The molecule has 0 aliphatic carbocycles. The van der Waals surface area contributed by atoms with E-state index in [0.717, 1.165) is 16.5 Å². The van der Waals surface area contributed by atoms with Gasteiger partial charge in [0.1, 0.15) is 0 Å². The number of nitrogens with one attached hydrogen (secondary N) is 1. The maximum Gasteiger partial charge on any atom is 0.335 e. The number of aryl methyl sites for hydroxylation is 1. The van der Waals surface area contributed by atoms with Crippen LogP contribution in [0.5, 0.6) is 0 Å². The molecule has 0 saturated carbocycles. The third-order valence-electron chi connectivity index (χ3n) is 3.89. The van der Waals surface area contributed by atoms with E-state index in [1.54, 1.807) is 6.21 Å². The molecule has 0 aliphatic heterocycles. The molecule has 7 heteroatoms. The fourth-order valence-corrected chi connectivity index (χ4v) is 2.81. The van der Waals surface area contributed by atoms with Crippen molar-refractivity contribution in [1.29, 1.82) is 5.26 Å². The van der Waals surface area contributed by atoms with Crippen LogP contribution in [-0.4, -0.2) is 21.9 Å². The van der Waals surface area contributed by atoms with Crippen LogP contribution in [0.2, 0.25) is 5.02 Å². The number of hydrazone groups is 1. The van der Waals surface area contributed by atoms with Crippen molar-refractivity contribution in [3.05, 3.63) is 64.8 Å². The summed E-state index contributed by atoms with van der Waals surface area (Å²) < 4.78 is 2.01. The number of hydrogen-bond donors (Lipinski definition) is 2. The highest BCUT2D eigenvalue weighted by Gasteiger charge is 2.08. The molecule has 2 N–H and O–H groups in total. The Balaban J connectivity index is 1.86. The first-order valence-corrected chi connectivity index (χ1v) is 8.24. The van der Waals surface area contributed by atoms with Gasteiger partial charge in [0.05, 0.1) is 35.0 Å². The van der Waals surface area contributed by atoms with Crippen molar-refractivity contribution in [2.24, 2.45) is 5.10 Å². The van der Waals surface area contributed by atoms with E-state index in [9.17, 15) is 4.79 Å². The zero-order chi connectivity index (χ0) is 18.5. The molecule has 3 rings (SSSR count). The zero-order valence-electron chi connectivity index (χ0n) is 13.7. The van der Waals surface area contributed by atoms with Gasteiger partial charge in [-0.1, -0.05) is 29.8 Å². The Morgan fingerprint density at radius 2 is 2.15 bits per heavy atom. The molecule has 0 aliphatic rings. The lowest BCUT2D eigenvalue weighted by molar-refractivity contribution is 0.0697. The number of aromatic nitrogens is 1. The van der Waals surface area contributed by atoms with Crippen LogP contribution < -0.4 is 5.43 Å². The number of benzene rings is 2. The minimum Gasteiger partial charge on any atom is -0.478 e. The van der Waals surface area contributed by atoms with Gasteiger partial charge in [0.2, 0.25) is 0 Å². The van der Waals surface area contributed by atoms with Crippen molar-refractivity contribution in [1.82, 2.24) is 4.57 Å². The molecule has 0 saturated heterocycles. The number of carbonyl (C=O) groups is 1. The second-order valence-corrected chi connectivity index (χ2v) is 5.98. The Hall–Kier alpha value is -3.30. The van der Waals surface area contributed by atoms with Gasteiger partial charge in [-0.3, -0.25) is 5.43 Å². The number of halogens is 1. The fourth-order valence-electron chi connectivity index (χ4n) is 2.65. The van der Waals surface area contributed by atoms with Gasteiger partial charge in [-0.05, 0) is 24.3 Å². The summed E-state index contributed by atoms with van der Waals surface area (Å²) >= 11 is 6.07. The van der Waals surface area contributed by atoms with E-state index in [-0.39, 0.29) is 5.56 Å². The molecule has 26 heavy (non-hydrogen) atoms. The minimum absolute atomic E-state index is 0.125. The first kappa shape index (κ1) is 17.5. The Labute approximate surface area is 154 Å². The van der Waals surface area contributed by atoms with Crippen LogP contribution in [0.1, 0.15) is 22.3 Å². The minimum atomic E-state index is -1.03. The van der Waals surface area contributed by atoms with E-state index in [2.05, 4.69) is 16.6 Å². The SMILES string of the molecule is N#CCCn1cc(/C=N\Nc2cc(C(=O)O)ccc2Cl)c2ccccc21. The zero-order valence-corrected chi connectivity index (χ0v) is 14.4. The Bertz CT molecular complexity index is 1030. The third kappa shape index (κ3) is 3.68. The number of hydrogen-bond acceptors (Lipinski definition) is 4. The molecule has 0 fully saturated rings. The van der Waals surface area contributed by atoms with E-state index in [1.165, 1.54) is 18.2 Å². The van der Waals surface area contributed by atoms with Crippen LogP contribution in [0.3, 0.4) is 0 Å². The van der Waals surface area contributed by atoms with E-state index in [4.69, 9.17) is 22.0 Å². The average Bonchev–Trinajstić information content (AvgIpc) is 2.99. The highest BCUT2D eigenvalue weighted by Crippen LogP contribution is 2.24. The average molecular weight is 367 g/mol. The van der Waals surface area contributed by atoms with Gasteiger partial charge in [-0.2, -0.15) is 10.4 Å². The summed E-state index contributed by atoms with van der Waals surface area (Å²) in [4.78, 5) is 11.1. The highest BCUT2D eigenvalue weighted by atomic mass is 35.5. The maximum atomic E-state index is 11.1. The van der Waals surface area contributed by atoms with Crippen LogP contribution >= 0.6 is 11.6 Å². The quantitative estimate of drug-likeness (QED) is 0.501. The molecule has 1 aromatic heterocycles. The molecule has 0 atom stereocenters. The van der Waals surface area contributed by atoms with Crippen LogP contribution in [0.25, 0.3) is 10.9 Å². The van der Waals surface area contributed by atoms with Crippen LogP contribution in [-0.2, 0) is 6.54 Å².